The Balaban J connectivity index is 1.72. The highest BCUT2D eigenvalue weighted by atomic mass is 32.2. The molecule has 15 heavy (non-hydrogen) atoms. The van der Waals surface area contributed by atoms with E-state index in [1.165, 1.54) is 32.1 Å². The number of nitrogens with one attached hydrogen (secondary N) is 1. The lowest BCUT2D eigenvalue weighted by atomic mass is 9.94. The summed E-state index contributed by atoms with van der Waals surface area (Å²) in [7, 11) is 0. The second-order valence-corrected chi connectivity index (χ2v) is 5.99. The van der Waals surface area contributed by atoms with Crippen molar-refractivity contribution in [2.24, 2.45) is 0 Å². The van der Waals surface area contributed by atoms with E-state index >= 15 is 0 Å². The van der Waals surface area contributed by atoms with E-state index in [-0.39, 0.29) is 0 Å². The Morgan fingerprint density at radius 3 is 2.40 bits per heavy atom. The molecule has 1 N–H and O–H groups in total. The van der Waals surface area contributed by atoms with Crippen LogP contribution in [0.1, 0.15) is 39.0 Å². The molecule has 88 valence electrons. The van der Waals surface area contributed by atoms with E-state index in [1.807, 2.05) is 11.8 Å². The molecule has 2 nitrogen and oxygen atoms in total. The van der Waals surface area contributed by atoms with Gasteiger partial charge in [0.05, 0.1) is 6.10 Å². The Hall–Kier alpha value is 0.270. The minimum absolute atomic E-state index is 0.420. The van der Waals surface area contributed by atoms with E-state index in [9.17, 15) is 0 Å². The molecule has 1 saturated heterocycles. The Morgan fingerprint density at radius 2 is 1.87 bits per heavy atom. The average molecular weight is 229 g/mol. The minimum atomic E-state index is 0.420. The predicted molar refractivity (Wildman–Crippen MR) is 66.5 cm³/mol. The molecule has 0 spiro atoms. The molecule has 0 aromatic rings. The number of hydrogen-bond acceptors (Lipinski definition) is 3. The molecule has 0 aromatic heterocycles. The van der Waals surface area contributed by atoms with Crippen LogP contribution in [0.4, 0.5) is 0 Å². The molecule has 2 rings (SSSR count). The number of rotatable bonds is 3. The van der Waals surface area contributed by atoms with E-state index in [2.05, 4.69) is 18.5 Å². The lowest BCUT2D eigenvalue weighted by Gasteiger charge is -2.31. The highest BCUT2D eigenvalue weighted by Crippen LogP contribution is 2.27. The third kappa shape index (κ3) is 3.11. The van der Waals surface area contributed by atoms with Crippen molar-refractivity contribution in [3.63, 3.8) is 0 Å². The smallest absolute Gasteiger partial charge is 0.0700 e. The van der Waals surface area contributed by atoms with Crippen LogP contribution in [0.25, 0.3) is 0 Å². The Bertz CT molecular complexity index is 192. The lowest BCUT2D eigenvalue weighted by molar-refractivity contribution is 0.109. The number of hydrogen-bond donors (Lipinski definition) is 1. The van der Waals surface area contributed by atoms with Gasteiger partial charge in [-0.05, 0) is 45.3 Å². The molecule has 1 heterocycles. The van der Waals surface area contributed by atoms with Gasteiger partial charge in [0.25, 0.3) is 0 Å². The predicted octanol–water partition coefficient (Wildman–Crippen LogP) is 2.43. The fourth-order valence-corrected chi connectivity index (χ4v) is 3.46. The summed E-state index contributed by atoms with van der Waals surface area (Å²) in [6, 6.07) is 1.36. The molecule has 1 saturated carbocycles. The summed E-state index contributed by atoms with van der Waals surface area (Å²) in [5.74, 6) is 0. The van der Waals surface area contributed by atoms with Crippen LogP contribution in [0.2, 0.25) is 0 Å². The summed E-state index contributed by atoms with van der Waals surface area (Å²) in [5, 5.41) is 4.69. The topological polar surface area (TPSA) is 21.3 Å². The molecule has 1 aliphatic carbocycles. The van der Waals surface area contributed by atoms with Crippen LogP contribution >= 0.6 is 11.8 Å². The van der Waals surface area contributed by atoms with Gasteiger partial charge >= 0.3 is 0 Å². The van der Waals surface area contributed by atoms with Crippen LogP contribution in [0.15, 0.2) is 0 Å². The summed E-state index contributed by atoms with van der Waals surface area (Å²) in [6.07, 6.45) is 9.35. The minimum Gasteiger partial charge on any atom is -0.377 e. The molecule has 0 aromatic carbocycles. The molecule has 2 fully saturated rings. The van der Waals surface area contributed by atoms with Gasteiger partial charge in [-0.2, -0.15) is 11.8 Å². The van der Waals surface area contributed by atoms with E-state index < -0.39 is 0 Å². The van der Waals surface area contributed by atoms with Crippen LogP contribution in [-0.2, 0) is 4.74 Å². The van der Waals surface area contributed by atoms with Crippen LogP contribution in [0, 0.1) is 0 Å². The average Bonchev–Trinajstić information content (AvgIpc) is 2.66. The molecule has 0 bridgehead atoms. The van der Waals surface area contributed by atoms with Gasteiger partial charge < -0.3 is 10.1 Å². The van der Waals surface area contributed by atoms with Crippen molar-refractivity contribution in [3.8, 4) is 0 Å². The monoisotopic (exact) mass is 229 g/mol. The molecule has 3 heteroatoms. The first-order chi connectivity index (χ1) is 7.29. The highest BCUT2D eigenvalue weighted by Gasteiger charge is 2.28. The van der Waals surface area contributed by atoms with Crippen molar-refractivity contribution in [3.05, 3.63) is 0 Å². The van der Waals surface area contributed by atoms with E-state index in [0.717, 1.165) is 17.9 Å². The van der Waals surface area contributed by atoms with Crippen LogP contribution < -0.4 is 5.32 Å². The zero-order valence-electron chi connectivity index (χ0n) is 9.87. The maximum absolute atomic E-state index is 5.58. The van der Waals surface area contributed by atoms with Gasteiger partial charge in [-0.1, -0.05) is 0 Å². The first-order valence-corrected chi connectivity index (χ1v) is 7.49. The fraction of sp³-hybridized carbons (Fsp3) is 1.00. The van der Waals surface area contributed by atoms with Crippen LogP contribution in [-0.4, -0.2) is 36.3 Å². The fourth-order valence-electron chi connectivity index (χ4n) is 2.72. The summed E-state index contributed by atoms with van der Waals surface area (Å²) in [4.78, 5) is 0. The Kier molecular flexibility index (Phi) is 4.35. The van der Waals surface area contributed by atoms with Gasteiger partial charge in [0.15, 0.2) is 0 Å². The van der Waals surface area contributed by atoms with Crippen molar-refractivity contribution < 1.29 is 4.74 Å². The van der Waals surface area contributed by atoms with Crippen LogP contribution in [0.3, 0.4) is 0 Å². The third-order valence-corrected chi connectivity index (χ3v) is 4.97. The second kappa shape index (κ2) is 5.55. The zero-order valence-corrected chi connectivity index (χ0v) is 10.7. The van der Waals surface area contributed by atoms with Gasteiger partial charge in [-0.3, -0.25) is 0 Å². The first kappa shape index (κ1) is 11.7. The molecular formula is C12H23NOS. The summed E-state index contributed by atoms with van der Waals surface area (Å²) in [6.45, 7) is 3.14. The van der Waals surface area contributed by atoms with E-state index in [1.54, 1.807) is 0 Å². The lowest BCUT2D eigenvalue weighted by Crippen LogP contribution is -2.43. The molecule has 0 amide bonds. The van der Waals surface area contributed by atoms with Crippen molar-refractivity contribution in [2.45, 2.75) is 62.5 Å². The summed E-state index contributed by atoms with van der Waals surface area (Å²) in [5.41, 5.74) is 0. The van der Waals surface area contributed by atoms with Crippen molar-refractivity contribution >= 4 is 11.8 Å². The van der Waals surface area contributed by atoms with Gasteiger partial charge in [-0.25, -0.2) is 0 Å². The summed E-state index contributed by atoms with van der Waals surface area (Å²) < 4.78 is 5.58. The van der Waals surface area contributed by atoms with Gasteiger partial charge in [0, 0.05) is 23.9 Å². The van der Waals surface area contributed by atoms with Crippen molar-refractivity contribution in [1.82, 2.24) is 5.32 Å². The number of thioether (sulfide) groups is 1. The largest absolute Gasteiger partial charge is 0.377 e. The first-order valence-electron chi connectivity index (χ1n) is 6.20. The zero-order chi connectivity index (χ0) is 10.7. The van der Waals surface area contributed by atoms with E-state index in [4.69, 9.17) is 4.74 Å². The molecule has 2 atom stereocenters. The Morgan fingerprint density at radius 1 is 1.13 bits per heavy atom. The second-order valence-electron chi connectivity index (χ2n) is 4.85. The highest BCUT2D eigenvalue weighted by molar-refractivity contribution is 7.99. The summed E-state index contributed by atoms with van der Waals surface area (Å²) >= 11 is 2.04. The standard InChI is InChI=1S/C12H23NOS/c1-9-12(7-8-14-9)13-10-3-5-11(15-2)6-4-10/h9-13H,3-8H2,1-2H3. The molecule has 0 radical (unpaired) electrons. The molecule has 2 unspecified atom stereocenters. The van der Waals surface area contributed by atoms with Gasteiger partial charge in [0.1, 0.15) is 0 Å². The van der Waals surface area contributed by atoms with E-state index in [0.29, 0.717) is 12.1 Å². The van der Waals surface area contributed by atoms with Crippen LogP contribution in [0.5, 0.6) is 0 Å². The molecule has 1 aliphatic heterocycles. The van der Waals surface area contributed by atoms with Gasteiger partial charge in [0.2, 0.25) is 0 Å². The third-order valence-electron chi connectivity index (χ3n) is 3.83. The quantitative estimate of drug-likeness (QED) is 0.803. The maximum atomic E-state index is 5.58. The molecular weight excluding hydrogens is 206 g/mol. The SMILES string of the molecule is CSC1CCC(NC2CCOC2C)CC1. The number of ether oxygens (including phenoxy) is 1. The Labute approximate surface area is 97.5 Å². The van der Waals surface area contributed by atoms with Crippen molar-refractivity contribution in [1.29, 1.82) is 0 Å². The van der Waals surface area contributed by atoms with Gasteiger partial charge in [-0.15, -0.1) is 0 Å². The maximum Gasteiger partial charge on any atom is 0.0700 e. The van der Waals surface area contributed by atoms with Crippen molar-refractivity contribution in [2.75, 3.05) is 12.9 Å². The normalized spacial score (nSPS) is 42.0. The molecule has 2 aliphatic rings.